The van der Waals surface area contributed by atoms with Crippen LogP contribution in [0.15, 0.2) is 42.0 Å². The van der Waals surface area contributed by atoms with Crippen LogP contribution in [0.25, 0.3) is 11.0 Å². The number of rotatable bonds is 2. The van der Waals surface area contributed by atoms with Gasteiger partial charge in [-0.3, -0.25) is 5.32 Å². The lowest BCUT2D eigenvalue weighted by molar-refractivity contribution is 0.262. The second-order valence-corrected chi connectivity index (χ2v) is 4.64. The molecule has 0 atom stereocenters. The number of thiophene rings is 1. The van der Waals surface area contributed by atoms with Crippen molar-refractivity contribution in [3.05, 3.63) is 42.0 Å². The highest BCUT2D eigenvalue weighted by Gasteiger charge is 2.04. The number of fused-ring (bicyclic) bond motifs is 1. The van der Waals surface area contributed by atoms with Crippen molar-refractivity contribution in [1.29, 1.82) is 0 Å². The molecule has 3 rings (SSSR count). The Labute approximate surface area is 107 Å². The van der Waals surface area contributed by atoms with Gasteiger partial charge in [0, 0.05) is 5.69 Å². The molecule has 5 nitrogen and oxygen atoms in total. The summed E-state index contributed by atoms with van der Waals surface area (Å²) in [4.78, 5) is 18.8. The molecule has 0 aliphatic heterocycles. The van der Waals surface area contributed by atoms with E-state index in [1.165, 1.54) is 11.3 Å². The molecule has 0 radical (unpaired) electrons. The van der Waals surface area contributed by atoms with E-state index in [1.807, 2.05) is 35.7 Å². The van der Waals surface area contributed by atoms with Gasteiger partial charge in [0.05, 0.1) is 22.4 Å². The average molecular weight is 258 g/mol. The number of hydrogen-bond acceptors (Lipinski definition) is 3. The summed E-state index contributed by atoms with van der Waals surface area (Å²) in [6.07, 6.45) is 1.63. The molecule has 0 unspecified atom stereocenters. The Morgan fingerprint density at radius 3 is 3.06 bits per heavy atom. The lowest BCUT2D eigenvalue weighted by Gasteiger charge is -2.05. The summed E-state index contributed by atoms with van der Waals surface area (Å²) in [5.41, 5.74) is 2.49. The number of urea groups is 1. The molecule has 0 spiro atoms. The van der Waals surface area contributed by atoms with Gasteiger partial charge in [0.2, 0.25) is 0 Å². The van der Waals surface area contributed by atoms with Crippen molar-refractivity contribution in [3.8, 4) is 0 Å². The fourth-order valence-corrected chi connectivity index (χ4v) is 2.25. The van der Waals surface area contributed by atoms with Gasteiger partial charge in [0.1, 0.15) is 0 Å². The van der Waals surface area contributed by atoms with Crippen molar-refractivity contribution in [3.63, 3.8) is 0 Å². The van der Waals surface area contributed by atoms with Gasteiger partial charge >= 0.3 is 6.03 Å². The molecule has 18 heavy (non-hydrogen) atoms. The molecule has 0 aliphatic rings. The van der Waals surface area contributed by atoms with Crippen molar-refractivity contribution in [2.45, 2.75) is 0 Å². The van der Waals surface area contributed by atoms with Crippen molar-refractivity contribution < 1.29 is 4.79 Å². The molecule has 2 amide bonds. The SMILES string of the molecule is O=C(Nc1ccc2nc[nH]c2c1)Nc1cccs1. The molecule has 6 heteroatoms. The lowest BCUT2D eigenvalue weighted by Crippen LogP contribution is -2.18. The highest BCUT2D eigenvalue weighted by molar-refractivity contribution is 7.14. The van der Waals surface area contributed by atoms with Gasteiger partial charge in [0.25, 0.3) is 0 Å². The lowest BCUT2D eigenvalue weighted by atomic mass is 10.3. The first-order chi connectivity index (χ1) is 8.81. The maximum Gasteiger partial charge on any atom is 0.324 e. The van der Waals surface area contributed by atoms with Crippen LogP contribution in [0.1, 0.15) is 0 Å². The number of H-pyrrole nitrogens is 1. The maximum atomic E-state index is 11.7. The molecular formula is C12H10N4OS. The third-order valence-corrected chi connectivity index (χ3v) is 3.22. The fraction of sp³-hybridized carbons (Fsp3) is 0. The average Bonchev–Trinajstić information content (AvgIpc) is 2.98. The number of amides is 2. The number of carbonyl (C=O) groups excluding carboxylic acids is 1. The van der Waals surface area contributed by atoms with Crippen LogP contribution < -0.4 is 10.6 Å². The number of nitrogens with zero attached hydrogens (tertiary/aromatic N) is 1. The Morgan fingerprint density at radius 2 is 2.22 bits per heavy atom. The Hall–Kier alpha value is -2.34. The predicted octanol–water partition coefficient (Wildman–Crippen LogP) is 3.27. The van der Waals surface area contributed by atoms with E-state index < -0.39 is 0 Å². The molecular weight excluding hydrogens is 248 g/mol. The molecule has 0 bridgehead atoms. The summed E-state index contributed by atoms with van der Waals surface area (Å²) in [6, 6.07) is 9.00. The number of anilines is 2. The van der Waals surface area contributed by atoms with Crippen LogP contribution in [-0.2, 0) is 0 Å². The zero-order valence-corrected chi connectivity index (χ0v) is 10.1. The van der Waals surface area contributed by atoms with Crippen LogP contribution in [0.5, 0.6) is 0 Å². The number of hydrogen-bond donors (Lipinski definition) is 3. The highest BCUT2D eigenvalue weighted by Crippen LogP contribution is 2.17. The summed E-state index contributed by atoms with van der Waals surface area (Å²) < 4.78 is 0. The second kappa shape index (κ2) is 4.50. The van der Waals surface area contributed by atoms with Gasteiger partial charge in [-0.2, -0.15) is 0 Å². The number of benzene rings is 1. The van der Waals surface area contributed by atoms with E-state index in [-0.39, 0.29) is 6.03 Å². The third-order valence-electron chi connectivity index (χ3n) is 2.44. The summed E-state index contributed by atoms with van der Waals surface area (Å²) in [5.74, 6) is 0. The van der Waals surface area contributed by atoms with Crippen LogP contribution >= 0.6 is 11.3 Å². The van der Waals surface area contributed by atoms with Crippen molar-refractivity contribution in [2.75, 3.05) is 10.6 Å². The van der Waals surface area contributed by atoms with Gasteiger partial charge in [0.15, 0.2) is 0 Å². The zero-order valence-electron chi connectivity index (χ0n) is 9.31. The molecule has 2 heterocycles. The van der Waals surface area contributed by atoms with Crippen LogP contribution in [-0.4, -0.2) is 16.0 Å². The Bertz CT molecular complexity index is 674. The predicted molar refractivity (Wildman–Crippen MR) is 73.1 cm³/mol. The molecule has 1 aromatic carbocycles. The number of carbonyl (C=O) groups is 1. The van der Waals surface area contributed by atoms with Crippen molar-refractivity contribution >= 4 is 39.1 Å². The number of nitrogens with one attached hydrogen (secondary N) is 3. The van der Waals surface area contributed by atoms with Crippen LogP contribution in [0.4, 0.5) is 15.5 Å². The standard InChI is InChI=1S/C12H10N4OS/c17-12(16-11-2-1-5-18-11)15-8-3-4-9-10(6-8)14-7-13-9/h1-7H,(H,13,14)(H2,15,16,17). The highest BCUT2D eigenvalue weighted by atomic mass is 32.1. The molecule has 0 saturated carbocycles. The third kappa shape index (κ3) is 2.18. The first-order valence-electron chi connectivity index (χ1n) is 5.36. The maximum absolute atomic E-state index is 11.7. The van der Waals surface area contributed by atoms with Gasteiger partial charge in [-0.1, -0.05) is 0 Å². The number of aromatic nitrogens is 2. The summed E-state index contributed by atoms with van der Waals surface area (Å²) in [5, 5.41) is 8.25. The number of aromatic amines is 1. The second-order valence-electron chi connectivity index (χ2n) is 3.69. The van der Waals surface area contributed by atoms with Crippen LogP contribution in [0.3, 0.4) is 0 Å². The summed E-state index contributed by atoms with van der Waals surface area (Å²) in [7, 11) is 0. The minimum Gasteiger partial charge on any atom is -0.345 e. The van der Waals surface area contributed by atoms with Crippen LogP contribution in [0.2, 0.25) is 0 Å². The van der Waals surface area contributed by atoms with Crippen molar-refractivity contribution in [2.24, 2.45) is 0 Å². The Balaban J connectivity index is 1.73. The van der Waals surface area contributed by atoms with E-state index in [0.717, 1.165) is 21.7 Å². The quantitative estimate of drug-likeness (QED) is 0.660. The first kappa shape index (κ1) is 10.8. The molecule has 3 N–H and O–H groups in total. The van der Waals surface area contributed by atoms with Gasteiger partial charge < -0.3 is 10.3 Å². The van der Waals surface area contributed by atoms with Gasteiger partial charge in [-0.25, -0.2) is 9.78 Å². The molecule has 90 valence electrons. The van der Waals surface area contributed by atoms with E-state index in [4.69, 9.17) is 0 Å². The van der Waals surface area contributed by atoms with E-state index >= 15 is 0 Å². The molecule has 0 saturated heterocycles. The van der Waals surface area contributed by atoms with Gasteiger partial charge in [-0.15, -0.1) is 11.3 Å². The van der Waals surface area contributed by atoms with Crippen molar-refractivity contribution in [1.82, 2.24) is 9.97 Å². The molecule has 2 aromatic heterocycles. The largest absolute Gasteiger partial charge is 0.345 e. The van der Waals surface area contributed by atoms with E-state index in [2.05, 4.69) is 20.6 Å². The first-order valence-corrected chi connectivity index (χ1v) is 6.24. The minimum atomic E-state index is -0.253. The summed E-state index contributed by atoms with van der Waals surface area (Å²) in [6.45, 7) is 0. The van der Waals surface area contributed by atoms with Gasteiger partial charge in [-0.05, 0) is 35.7 Å². The number of imidazole rings is 1. The van der Waals surface area contributed by atoms with E-state index in [9.17, 15) is 4.79 Å². The summed E-state index contributed by atoms with van der Waals surface area (Å²) >= 11 is 1.48. The van der Waals surface area contributed by atoms with E-state index in [0.29, 0.717) is 0 Å². The monoisotopic (exact) mass is 258 g/mol. The molecule has 0 fully saturated rings. The fourth-order valence-electron chi connectivity index (χ4n) is 1.64. The normalized spacial score (nSPS) is 10.4. The smallest absolute Gasteiger partial charge is 0.324 e. The minimum absolute atomic E-state index is 0.253. The zero-order chi connectivity index (χ0) is 12.4. The van der Waals surface area contributed by atoms with E-state index in [1.54, 1.807) is 6.33 Å². The molecule has 0 aliphatic carbocycles. The van der Waals surface area contributed by atoms with Crippen LogP contribution in [0, 0.1) is 0 Å². The molecule has 3 aromatic rings. The topological polar surface area (TPSA) is 69.8 Å². The Morgan fingerprint density at radius 1 is 1.28 bits per heavy atom. The Kier molecular flexibility index (Phi) is 2.70.